The summed E-state index contributed by atoms with van der Waals surface area (Å²) in [5, 5.41) is 6.96. The van der Waals surface area contributed by atoms with Crippen LogP contribution in [0.4, 0.5) is 0 Å². The van der Waals surface area contributed by atoms with Crippen LogP contribution in [0.1, 0.15) is 62.6 Å². The smallest absolute Gasteiger partial charge is 0.348 e. The van der Waals surface area contributed by atoms with E-state index in [2.05, 4.69) is 42.7 Å². The van der Waals surface area contributed by atoms with E-state index < -0.39 is 17.6 Å². The first-order valence-corrected chi connectivity index (χ1v) is 12.2. The molecule has 1 aliphatic heterocycles. The van der Waals surface area contributed by atoms with E-state index in [1.165, 1.54) is 11.0 Å². The number of carbonyl (C=O) groups excluding carboxylic acids is 2. The fourth-order valence-electron chi connectivity index (χ4n) is 3.84. The molecule has 1 aromatic rings. The van der Waals surface area contributed by atoms with Crippen LogP contribution in [0.3, 0.4) is 0 Å². The van der Waals surface area contributed by atoms with Crippen LogP contribution in [0.5, 0.6) is 0 Å². The lowest BCUT2D eigenvalue weighted by atomic mass is 10.1. The lowest BCUT2D eigenvalue weighted by Gasteiger charge is -2.24. The van der Waals surface area contributed by atoms with Crippen molar-refractivity contribution in [2.75, 3.05) is 39.3 Å². The van der Waals surface area contributed by atoms with E-state index in [4.69, 9.17) is 9.25 Å². The van der Waals surface area contributed by atoms with Crippen LogP contribution in [-0.2, 0) is 16.1 Å². The fraction of sp³-hybridized carbons (Fsp3) is 0.600. The Morgan fingerprint density at radius 2 is 2.06 bits per heavy atom. The highest BCUT2D eigenvalue weighted by Gasteiger charge is 2.39. The molecule has 188 valence electrons. The van der Waals surface area contributed by atoms with E-state index in [0.29, 0.717) is 31.0 Å². The molecule has 9 nitrogen and oxygen atoms in total. The minimum absolute atomic E-state index is 0.0894. The van der Waals surface area contributed by atoms with E-state index >= 15 is 0 Å². The van der Waals surface area contributed by atoms with E-state index in [1.54, 1.807) is 12.1 Å². The molecule has 0 radical (unpaired) electrons. The minimum atomic E-state index is -0.779. The van der Waals surface area contributed by atoms with E-state index in [9.17, 15) is 14.4 Å². The molecule has 1 fully saturated rings. The summed E-state index contributed by atoms with van der Waals surface area (Å²) in [5.41, 5.74) is -0.221. The van der Waals surface area contributed by atoms with Crippen molar-refractivity contribution in [3.05, 3.63) is 46.5 Å². The average Bonchev–Trinajstić information content (AvgIpc) is 3.26. The van der Waals surface area contributed by atoms with Crippen LogP contribution in [0, 0.1) is 0 Å². The normalized spacial score (nSPS) is 16.8. The van der Waals surface area contributed by atoms with Gasteiger partial charge in [0.05, 0.1) is 12.3 Å². The standard InChI is InChI=1S/C25H38N4O5/c1-5-9-10-11-20-12-13-21(25(32)34-20)24(31)29-18-19(27-33-16-6-2)17-22(29)23(30)26-14-15-28(7-3)8-4/h6,12-13,22H,2,5,7-11,14-18H2,1,3-4H3,(H,26,30)/b27-19+/t22-/m0/s1. The molecule has 2 heterocycles. The molecule has 1 aliphatic rings. The molecule has 1 N–H and O–H groups in total. The van der Waals surface area contributed by atoms with Crippen molar-refractivity contribution in [2.24, 2.45) is 5.16 Å². The number of rotatable bonds is 14. The second-order valence-electron chi connectivity index (χ2n) is 8.27. The van der Waals surface area contributed by atoms with Gasteiger partial charge >= 0.3 is 5.63 Å². The first-order chi connectivity index (χ1) is 16.4. The molecule has 34 heavy (non-hydrogen) atoms. The third kappa shape index (κ3) is 7.83. The molecule has 1 aromatic heterocycles. The molecule has 0 saturated carbocycles. The Morgan fingerprint density at radius 3 is 2.71 bits per heavy atom. The molecule has 0 spiro atoms. The van der Waals surface area contributed by atoms with Gasteiger partial charge in [-0.05, 0) is 31.6 Å². The number of carbonyl (C=O) groups is 2. The Kier molecular flexibility index (Phi) is 11.5. The second kappa shape index (κ2) is 14.3. The third-order valence-electron chi connectivity index (χ3n) is 5.87. The molecule has 0 aliphatic carbocycles. The minimum Gasteiger partial charge on any atom is -0.427 e. The van der Waals surface area contributed by atoms with Crippen LogP contribution in [0.2, 0.25) is 0 Å². The van der Waals surface area contributed by atoms with Crippen molar-refractivity contribution in [3.8, 4) is 0 Å². The van der Waals surface area contributed by atoms with Gasteiger partial charge < -0.3 is 24.4 Å². The molecular weight excluding hydrogens is 436 g/mol. The van der Waals surface area contributed by atoms with Crippen molar-refractivity contribution < 1.29 is 18.8 Å². The van der Waals surface area contributed by atoms with E-state index in [-0.39, 0.29) is 31.0 Å². The van der Waals surface area contributed by atoms with Crippen LogP contribution < -0.4 is 10.9 Å². The monoisotopic (exact) mass is 474 g/mol. The van der Waals surface area contributed by atoms with Gasteiger partial charge in [0.25, 0.3) is 5.91 Å². The quantitative estimate of drug-likeness (QED) is 0.253. The Hall–Kier alpha value is -2.94. The predicted molar refractivity (Wildman–Crippen MR) is 132 cm³/mol. The molecule has 0 unspecified atom stereocenters. The maximum absolute atomic E-state index is 13.3. The summed E-state index contributed by atoms with van der Waals surface area (Å²) in [6.07, 6.45) is 5.47. The molecular formula is C25H38N4O5. The summed E-state index contributed by atoms with van der Waals surface area (Å²) in [5.74, 6) is -0.274. The zero-order valence-corrected chi connectivity index (χ0v) is 20.7. The van der Waals surface area contributed by atoms with Crippen LogP contribution in [0.15, 0.2) is 39.2 Å². The Bertz CT molecular complexity index is 907. The van der Waals surface area contributed by atoms with Crippen LogP contribution in [0.25, 0.3) is 0 Å². The number of hydrogen-bond acceptors (Lipinski definition) is 7. The lowest BCUT2D eigenvalue weighted by Crippen LogP contribution is -2.48. The first-order valence-electron chi connectivity index (χ1n) is 12.2. The fourth-order valence-corrected chi connectivity index (χ4v) is 3.84. The van der Waals surface area contributed by atoms with E-state index in [1.807, 2.05) is 0 Å². The highest BCUT2D eigenvalue weighted by Crippen LogP contribution is 2.19. The lowest BCUT2D eigenvalue weighted by molar-refractivity contribution is -0.124. The predicted octanol–water partition coefficient (Wildman–Crippen LogP) is 2.60. The van der Waals surface area contributed by atoms with Crippen LogP contribution >= 0.6 is 0 Å². The number of unbranched alkanes of at least 4 members (excludes halogenated alkanes) is 2. The Balaban J connectivity index is 2.16. The molecule has 0 bridgehead atoms. The van der Waals surface area contributed by atoms with Gasteiger partial charge in [0, 0.05) is 25.9 Å². The second-order valence-corrected chi connectivity index (χ2v) is 8.27. The maximum atomic E-state index is 13.3. The number of likely N-dealkylation sites (N-methyl/N-ethyl adjacent to an activating group) is 1. The zero-order chi connectivity index (χ0) is 24.9. The summed E-state index contributed by atoms with van der Waals surface area (Å²) in [7, 11) is 0. The summed E-state index contributed by atoms with van der Waals surface area (Å²) in [6, 6.07) is 2.38. The number of hydrogen-bond donors (Lipinski definition) is 1. The number of oxime groups is 1. The number of likely N-dealkylation sites (tertiary alicyclic amines) is 1. The summed E-state index contributed by atoms with van der Waals surface area (Å²) in [4.78, 5) is 47.5. The summed E-state index contributed by atoms with van der Waals surface area (Å²) >= 11 is 0. The maximum Gasteiger partial charge on any atom is 0.348 e. The average molecular weight is 475 g/mol. The van der Waals surface area contributed by atoms with Gasteiger partial charge in [0.2, 0.25) is 5.91 Å². The number of amides is 2. The van der Waals surface area contributed by atoms with Crippen molar-refractivity contribution in [1.29, 1.82) is 0 Å². The van der Waals surface area contributed by atoms with Crippen LogP contribution in [-0.4, -0.2) is 72.7 Å². The van der Waals surface area contributed by atoms with Crippen molar-refractivity contribution >= 4 is 17.5 Å². The van der Waals surface area contributed by atoms with Crippen molar-refractivity contribution in [2.45, 2.75) is 58.9 Å². The summed E-state index contributed by atoms with van der Waals surface area (Å²) in [6.45, 7) is 13.1. The molecule has 0 aromatic carbocycles. The third-order valence-corrected chi connectivity index (χ3v) is 5.87. The molecule has 2 amide bonds. The van der Waals surface area contributed by atoms with Crippen molar-refractivity contribution in [1.82, 2.24) is 15.1 Å². The van der Waals surface area contributed by atoms with Gasteiger partial charge in [-0.2, -0.15) is 0 Å². The molecule has 1 atom stereocenters. The number of nitrogens with zero attached hydrogens (tertiary/aromatic N) is 3. The van der Waals surface area contributed by atoms with Crippen molar-refractivity contribution in [3.63, 3.8) is 0 Å². The van der Waals surface area contributed by atoms with Gasteiger partial charge in [0.1, 0.15) is 24.0 Å². The van der Waals surface area contributed by atoms with Gasteiger partial charge in [-0.15, -0.1) is 0 Å². The molecule has 9 heteroatoms. The van der Waals surface area contributed by atoms with Gasteiger partial charge in [0.15, 0.2) is 0 Å². The van der Waals surface area contributed by atoms with Gasteiger partial charge in [-0.3, -0.25) is 9.59 Å². The number of aryl methyl sites for hydroxylation is 1. The zero-order valence-electron chi connectivity index (χ0n) is 20.7. The topological polar surface area (TPSA) is 104 Å². The molecule has 1 saturated heterocycles. The highest BCUT2D eigenvalue weighted by molar-refractivity contribution is 6.05. The Labute approximate surface area is 201 Å². The first kappa shape index (κ1) is 27.3. The van der Waals surface area contributed by atoms with Gasteiger partial charge in [-0.25, -0.2) is 4.79 Å². The highest BCUT2D eigenvalue weighted by atomic mass is 16.6. The van der Waals surface area contributed by atoms with Gasteiger partial charge in [-0.1, -0.05) is 51.4 Å². The SMILES string of the molecule is C=CCO/N=C1\C[C@@H](C(=O)NCCN(CC)CC)N(C(=O)c2ccc(CCCCC)oc2=O)C1. The van der Waals surface area contributed by atoms with E-state index in [0.717, 1.165) is 32.4 Å². The molecule has 2 rings (SSSR count). The Morgan fingerprint density at radius 1 is 1.29 bits per heavy atom. The summed E-state index contributed by atoms with van der Waals surface area (Å²) < 4.78 is 5.38. The number of nitrogens with one attached hydrogen (secondary N) is 1. The largest absolute Gasteiger partial charge is 0.427 e.